The third kappa shape index (κ3) is 3.82. The first-order valence-corrected chi connectivity index (χ1v) is 8.46. The Balaban J connectivity index is 1.69. The van der Waals surface area contributed by atoms with Gasteiger partial charge in [-0.05, 0) is 25.3 Å². The summed E-state index contributed by atoms with van der Waals surface area (Å²) < 4.78 is 12.5. The lowest BCUT2D eigenvalue weighted by molar-refractivity contribution is 0.245. The Kier molecular flexibility index (Phi) is 5.33. The normalized spacial score (nSPS) is 19.5. The molecule has 0 radical (unpaired) electrons. The van der Waals surface area contributed by atoms with Crippen molar-refractivity contribution < 1.29 is 14.3 Å². The molecule has 7 nitrogen and oxygen atoms in total. The zero-order valence-corrected chi connectivity index (χ0v) is 14.9. The summed E-state index contributed by atoms with van der Waals surface area (Å²) in [6, 6.07) is 3.22. The fourth-order valence-electron chi connectivity index (χ4n) is 3.22. The van der Waals surface area contributed by atoms with E-state index in [1.165, 1.54) is 14.2 Å². The molecule has 1 heterocycles. The maximum absolute atomic E-state index is 12.4. The molecule has 1 fully saturated rings. The minimum Gasteiger partial charge on any atom is -0.495 e. The standard InChI is InChI=1S/C17H21ClN4O3/c1-24-15-9-16(25-2)13(8-11(15)18)21-17(23)20-12-4-3-5-14(12)22-7-6-19-10-22/h6-10,12,14H,3-5H2,1-2H3,(H2,20,21,23)/t12-,14-/m0/s1. The van der Waals surface area contributed by atoms with Crippen molar-refractivity contribution in [2.45, 2.75) is 31.3 Å². The zero-order valence-electron chi connectivity index (χ0n) is 14.2. The van der Waals surface area contributed by atoms with Gasteiger partial charge in [-0.25, -0.2) is 9.78 Å². The monoisotopic (exact) mass is 364 g/mol. The SMILES string of the molecule is COc1cc(OC)c(NC(=O)N[C@H]2CCC[C@@H]2n2ccnc2)cc1Cl. The van der Waals surface area contributed by atoms with Crippen LogP contribution in [-0.2, 0) is 0 Å². The van der Waals surface area contributed by atoms with Crippen molar-refractivity contribution in [2.75, 3.05) is 19.5 Å². The van der Waals surface area contributed by atoms with E-state index in [0.717, 1.165) is 19.3 Å². The average Bonchev–Trinajstić information content (AvgIpc) is 3.26. The Morgan fingerprint density at radius 2 is 2.08 bits per heavy atom. The third-order valence-electron chi connectivity index (χ3n) is 4.43. The van der Waals surface area contributed by atoms with E-state index in [4.69, 9.17) is 21.1 Å². The Labute approximate surface area is 151 Å². The summed E-state index contributed by atoms with van der Waals surface area (Å²) in [5.74, 6) is 0.967. The number of amides is 2. The summed E-state index contributed by atoms with van der Waals surface area (Å²) in [6.07, 6.45) is 8.46. The molecule has 0 spiro atoms. The smallest absolute Gasteiger partial charge is 0.319 e. The topological polar surface area (TPSA) is 77.4 Å². The number of nitrogens with one attached hydrogen (secondary N) is 2. The van der Waals surface area contributed by atoms with Crippen LogP contribution < -0.4 is 20.1 Å². The van der Waals surface area contributed by atoms with Crippen molar-refractivity contribution in [3.63, 3.8) is 0 Å². The van der Waals surface area contributed by atoms with Crippen molar-refractivity contribution in [1.29, 1.82) is 0 Å². The second kappa shape index (κ2) is 7.65. The molecule has 8 heteroatoms. The molecule has 1 aliphatic rings. The molecule has 0 bridgehead atoms. The maximum Gasteiger partial charge on any atom is 0.319 e. The first kappa shape index (κ1) is 17.4. The van der Waals surface area contributed by atoms with E-state index in [1.807, 2.05) is 10.8 Å². The number of halogens is 1. The molecule has 2 amide bonds. The van der Waals surface area contributed by atoms with Crippen LogP contribution in [0.2, 0.25) is 5.02 Å². The predicted octanol–water partition coefficient (Wildman–Crippen LogP) is 3.47. The highest BCUT2D eigenvalue weighted by Crippen LogP contribution is 2.36. The van der Waals surface area contributed by atoms with Gasteiger partial charge >= 0.3 is 6.03 Å². The minimum atomic E-state index is -0.295. The van der Waals surface area contributed by atoms with Crippen LogP contribution in [0.3, 0.4) is 0 Å². The van der Waals surface area contributed by atoms with Crippen LogP contribution in [0.5, 0.6) is 11.5 Å². The number of hydrogen-bond acceptors (Lipinski definition) is 4. The number of aromatic nitrogens is 2. The van der Waals surface area contributed by atoms with Crippen LogP contribution in [0.15, 0.2) is 30.9 Å². The summed E-state index contributed by atoms with van der Waals surface area (Å²) in [6.45, 7) is 0. The number of benzene rings is 1. The Hall–Kier alpha value is -2.41. The van der Waals surface area contributed by atoms with E-state index in [-0.39, 0.29) is 18.1 Å². The van der Waals surface area contributed by atoms with E-state index in [0.29, 0.717) is 22.2 Å². The van der Waals surface area contributed by atoms with Gasteiger partial charge in [0.2, 0.25) is 0 Å². The van der Waals surface area contributed by atoms with Crippen LogP contribution in [-0.4, -0.2) is 35.8 Å². The van der Waals surface area contributed by atoms with Gasteiger partial charge in [-0.15, -0.1) is 0 Å². The summed E-state index contributed by atoms with van der Waals surface area (Å²) >= 11 is 6.14. The third-order valence-corrected chi connectivity index (χ3v) is 4.72. The van der Waals surface area contributed by atoms with Crippen molar-refractivity contribution in [1.82, 2.24) is 14.9 Å². The molecule has 0 unspecified atom stereocenters. The van der Waals surface area contributed by atoms with Gasteiger partial charge in [0.05, 0.1) is 43.3 Å². The number of nitrogens with zero attached hydrogens (tertiary/aromatic N) is 2. The highest BCUT2D eigenvalue weighted by molar-refractivity contribution is 6.32. The lowest BCUT2D eigenvalue weighted by Gasteiger charge is -2.22. The first-order valence-electron chi connectivity index (χ1n) is 8.09. The van der Waals surface area contributed by atoms with Gasteiger partial charge in [0.25, 0.3) is 0 Å². The number of carbonyl (C=O) groups is 1. The number of methoxy groups -OCH3 is 2. The Morgan fingerprint density at radius 1 is 1.28 bits per heavy atom. The molecule has 1 aromatic carbocycles. The molecular formula is C17H21ClN4O3. The van der Waals surface area contributed by atoms with E-state index in [9.17, 15) is 4.79 Å². The van der Waals surface area contributed by atoms with Crippen LogP contribution in [0.4, 0.5) is 10.5 Å². The number of carbonyl (C=O) groups excluding carboxylic acids is 1. The van der Waals surface area contributed by atoms with Crippen molar-refractivity contribution in [3.05, 3.63) is 35.9 Å². The van der Waals surface area contributed by atoms with Gasteiger partial charge in [-0.3, -0.25) is 0 Å². The van der Waals surface area contributed by atoms with E-state index in [2.05, 4.69) is 15.6 Å². The zero-order chi connectivity index (χ0) is 17.8. The highest BCUT2D eigenvalue weighted by atomic mass is 35.5. The number of anilines is 1. The fraction of sp³-hybridized carbons (Fsp3) is 0.412. The molecule has 2 atom stereocenters. The molecule has 2 aromatic rings. The molecule has 134 valence electrons. The number of rotatable bonds is 5. The lowest BCUT2D eigenvalue weighted by Crippen LogP contribution is -2.40. The summed E-state index contributed by atoms with van der Waals surface area (Å²) in [4.78, 5) is 16.5. The second-order valence-electron chi connectivity index (χ2n) is 5.90. The van der Waals surface area contributed by atoms with Gasteiger partial charge < -0.3 is 24.7 Å². The fourth-order valence-corrected chi connectivity index (χ4v) is 3.46. The minimum absolute atomic E-state index is 0.0499. The van der Waals surface area contributed by atoms with Crippen LogP contribution in [0.1, 0.15) is 25.3 Å². The maximum atomic E-state index is 12.4. The number of imidazole rings is 1. The van der Waals surface area contributed by atoms with Crippen LogP contribution in [0.25, 0.3) is 0 Å². The summed E-state index contributed by atoms with van der Waals surface area (Å²) in [5, 5.41) is 6.24. The van der Waals surface area contributed by atoms with Gasteiger partial charge in [-0.2, -0.15) is 0 Å². The van der Waals surface area contributed by atoms with Crippen molar-refractivity contribution >= 4 is 23.3 Å². The summed E-state index contributed by atoms with van der Waals surface area (Å²) in [5.41, 5.74) is 0.489. The number of urea groups is 1. The van der Waals surface area contributed by atoms with Gasteiger partial charge in [-0.1, -0.05) is 11.6 Å². The molecule has 1 saturated carbocycles. The predicted molar refractivity (Wildman–Crippen MR) is 95.6 cm³/mol. The van der Waals surface area contributed by atoms with Gasteiger partial charge in [0.1, 0.15) is 11.5 Å². The van der Waals surface area contributed by atoms with Gasteiger partial charge in [0, 0.05) is 18.5 Å². The molecule has 1 aliphatic carbocycles. The molecule has 1 aromatic heterocycles. The van der Waals surface area contributed by atoms with Gasteiger partial charge in [0.15, 0.2) is 0 Å². The average molecular weight is 365 g/mol. The van der Waals surface area contributed by atoms with Crippen molar-refractivity contribution in [2.24, 2.45) is 0 Å². The number of hydrogen-bond donors (Lipinski definition) is 2. The number of ether oxygens (including phenoxy) is 2. The molecule has 0 aliphatic heterocycles. The highest BCUT2D eigenvalue weighted by Gasteiger charge is 2.29. The van der Waals surface area contributed by atoms with Crippen LogP contribution in [0, 0.1) is 0 Å². The lowest BCUT2D eigenvalue weighted by atomic mass is 10.2. The largest absolute Gasteiger partial charge is 0.495 e. The molecule has 25 heavy (non-hydrogen) atoms. The molecule has 3 rings (SSSR count). The van der Waals surface area contributed by atoms with E-state index >= 15 is 0 Å². The molecule has 2 N–H and O–H groups in total. The first-order chi connectivity index (χ1) is 12.1. The molecular weight excluding hydrogens is 344 g/mol. The Morgan fingerprint density at radius 3 is 2.76 bits per heavy atom. The quantitative estimate of drug-likeness (QED) is 0.851. The van der Waals surface area contributed by atoms with Crippen LogP contribution >= 0.6 is 11.6 Å². The van der Waals surface area contributed by atoms with Crippen molar-refractivity contribution in [3.8, 4) is 11.5 Å². The van der Waals surface area contributed by atoms with E-state index < -0.39 is 0 Å². The second-order valence-corrected chi connectivity index (χ2v) is 6.31. The van der Waals surface area contributed by atoms with E-state index in [1.54, 1.807) is 24.7 Å². The Bertz CT molecular complexity index is 736. The molecule has 0 saturated heterocycles. The summed E-state index contributed by atoms with van der Waals surface area (Å²) in [7, 11) is 3.05.